The van der Waals surface area contributed by atoms with Crippen LogP contribution in [0.5, 0.6) is 0 Å². The average Bonchev–Trinajstić information content (AvgIpc) is 3.65. The van der Waals surface area contributed by atoms with Gasteiger partial charge < -0.3 is 35.4 Å². The van der Waals surface area contributed by atoms with Crippen LogP contribution in [0, 0.1) is 40.9 Å². The number of nitrogens with two attached hydrogens (primary N) is 1. The van der Waals surface area contributed by atoms with E-state index in [0.29, 0.717) is 29.2 Å². The Labute approximate surface area is 340 Å². The lowest BCUT2D eigenvalue weighted by atomic mass is 9.65. The maximum atomic E-state index is 11.9. The first kappa shape index (κ1) is 52.2. The van der Waals surface area contributed by atoms with E-state index >= 15 is 0 Å². The molecule has 0 aromatic rings. The molecule has 4 N–H and O–H groups in total. The van der Waals surface area contributed by atoms with Gasteiger partial charge in [0.15, 0.2) is 0 Å². The SMILES string of the molecule is CC1CCCC(C)(C)C1.CCO.CN(C)CCCC1CCCCC1N(C)C.CO.COC1C(CN2CCCO2)CCCC1C1CC(C(N)=O)CC(N(C)C)C1. The Balaban J connectivity index is 0.000000438. The van der Waals surface area contributed by atoms with Gasteiger partial charge in [0.1, 0.15) is 0 Å². The van der Waals surface area contributed by atoms with Gasteiger partial charge in [-0.25, -0.2) is 0 Å². The lowest BCUT2D eigenvalue weighted by molar-refractivity contribution is -0.144. The summed E-state index contributed by atoms with van der Waals surface area (Å²) in [5.74, 6) is 3.35. The number of hydrogen-bond donors (Lipinski definition) is 3. The van der Waals surface area contributed by atoms with Crippen molar-refractivity contribution in [3.05, 3.63) is 0 Å². The number of carbonyl (C=O) groups excluding carboxylic acids is 1. The Morgan fingerprint density at radius 2 is 1.55 bits per heavy atom. The number of carbonyl (C=O) groups is 1. The molecule has 0 bridgehead atoms. The number of aliphatic hydroxyl groups is 2. The van der Waals surface area contributed by atoms with Crippen LogP contribution in [0.4, 0.5) is 0 Å². The summed E-state index contributed by atoms with van der Waals surface area (Å²) in [7, 11) is 15.9. The van der Waals surface area contributed by atoms with E-state index in [4.69, 9.17) is 25.5 Å². The van der Waals surface area contributed by atoms with E-state index in [1.807, 2.05) is 7.11 Å². The van der Waals surface area contributed by atoms with Gasteiger partial charge in [0.25, 0.3) is 0 Å². The first-order valence-corrected chi connectivity index (χ1v) is 22.3. The van der Waals surface area contributed by atoms with Crippen LogP contribution in [0.25, 0.3) is 0 Å². The zero-order valence-corrected chi connectivity index (χ0v) is 38.2. The lowest BCUT2D eigenvalue weighted by Crippen LogP contribution is -2.48. The normalized spacial score (nSPS) is 32.2. The van der Waals surface area contributed by atoms with Crippen molar-refractivity contribution in [3.63, 3.8) is 0 Å². The van der Waals surface area contributed by atoms with Gasteiger partial charge in [0.2, 0.25) is 5.91 Å². The molecule has 328 valence electrons. The van der Waals surface area contributed by atoms with Crippen molar-refractivity contribution >= 4 is 5.91 Å². The van der Waals surface area contributed by atoms with E-state index in [1.165, 1.54) is 90.0 Å². The van der Waals surface area contributed by atoms with E-state index in [2.05, 4.69) is 82.8 Å². The number of nitrogens with zero attached hydrogens (tertiary/aromatic N) is 4. The van der Waals surface area contributed by atoms with Crippen LogP contribution in [0.1, 0.15) is 137 Å². The summed E-state index contributed by atoms with van der Waals surface area (Å²) in [5.41, 5.74) is 6.36. The first-order chi connectivity index (χ1) is 26.1. The van der Waals surface area contributed by atoms with Crippen LogP contribution in [-0.2, 0) is 14.4 Å². The fourth-order valence-electron chi connectivity index (χ4n) is 10.6. The van der Waals surface area contributed by atoms with Gasteiger partial charge in [-0.3, -0.25) is 9.63 Å². The summed E-state index contributed by atoms with van der Waals surface area (Å²) in [6, 6.07) is 1.28. The quantitative estimate of drug-likeness (QED) is 0.201. The molecule has 9 unspecified atom stereocenters. The van der Waals surface area contributed by atoms with E-state index in [-0.39, 0.29) is 24.5 Å². The summed E-state index contributed by atoms with van der Waals surface area (Å²) in [6.07, 6.45) is 22.3. The molecule has 5 aliphatic rings. The van der Waals surface area contributed by atoms with E-state index in [9.17, 15) is 4.79 Å². The predicted molar refractivity (Wildman–Crippen MR) is 231 cm³/mol. The van der Waals surface area contributed by atoms with E-state index in [0.717, 1.165) is 70.4 Å². The van der Waals surface area contributed by atoms with Gasteiger partial charge in [-0.2, -0.15) is 5.06 Å². The second kappa shape index (κ2) is 28.6. The van der Waals surface area contributed by atoms with Gasteiger partial charge in [0.05, 0.1) is 12.7 Å². The molecule has 5 rings (SSSR count). The first-order valence-electron chi connectivity index (χ1n) is 22.3. The summed E-state index contributed by atoms with van der Waals surface area (Å²) >= 11 is 0. The summed E-state index contributed by atoms with van der Waals surface area (Å²) in [6.45, 7) is 13.2. The highest BCUT2D eigenvalue weighted by Gasteiger charge is 2.43. The molecule has 9 atom stereocenters. The smallest absolute Gasteiger partial charge is 0.220 e. The number of aliphatic hydroxyl groups excluding tert-OH is 2. The Bertz CT molecular complexity index is 962. The molecule has 5 fully saturated rings. The number of primary amides is 1. The molecular weight excluding hydrogens is 691 g/mol. The lowest BCUT2D eigenvalue weighted by Gasteiger charge is -2.46. The fraction of sp³-hybridized carbons (Fsp3) is 0.978. The Kier molecular flexibility index (Phi) is 27.1. The highest BCUT2D eigenvalue weighted by molar-refractivity contribution is 5.76. The maximum Gasteiger partial charge on any atom is 0.220 e. The molecule has 0 aromatic carbocycles. The van der Waals surface area contributed by atoms with E-state index in [1.54, 1.807) is 6.92 Å². The molecule has 4 saturated carbocycles. The Morgan fingerprint density at radius 1 is 0.891 bits per heavy atom. The Hall–Kier alpha value is -0.850. The number of methoxy groups -OCH3 is 1. The monoisotopic (exact) mass is 784 g/mol. The minimum absolute atomic E-state index is 0.000878. The van der Waals surface area contributed by atoms with Crippen LogP contribution >= 0.6 is 0 Å². The third-order valence-corrected chi connectivity index (χ3v) is 13.2. The van der Waals surface area contributed by atoms with Crippen LogP contribution in [0.15, 0.2) is 0 Å². The molecule has 0 aromatic heterocycles. The van der Waals surface area contributed by atoms with Gasteiger partial charge in [0, 0.05) is 57.8 Å². The zero-order chi connectivity index (χ0) is 41.6. The molecule has 1 heterocycles. The third-order valence-electron chi connectivity index (χ3n) is 13.2. The molecule has 10 nitrogen and oxygen atoms in total. The highest BCUT2D eigenvalue weighted by Crippen LogP contribution is 2.44. The molecule has 0 radical (unpaired) electrons. The van der Waals surface area contributed by atoms with Gasteiger partial charge in [-0.15, -0.1) is 0 Å². The zero-order valence-electron chi connectivity index (χ0n) is 38.2. The van der Waals surface area contributed by atoms with Crippen molar-refractivity contribution in [2.24, 2.45) is 46.7 Å². The molecule has 1 aliphatic heterocycles. The van der Waals surface area contributed by atoms with Crippen molar-refractivity contribution in [2.75, 3.05) is 89.4 Å². The van der Waals surface area contributed by atoms with Crippen molar-refractivity contribution in [2.45, 2.75) is 155 Å². The minimum Gasteiger partial charge on any atom is -0.400 e. The molecule has 4 aliphatic carbocycles. The number of hydrogen-bond acceptors (Lipinski definition) is 9. The predicted octanol–water partition coefficient (Wildman–Crippen LogP) is 7.17. The molecule has 1 amide bonds. The largest absolute Gasteiger partial charge is 0.400 e. The van der Waals surface area contributed by atoms with Crippen molar-refractivity contribution < 1.29 is 24.6 Å². The number of hydroxylamine groups is 2. The number of rotatable bonds is 11. The Morgan fingerprint density at radius 3 is 2.05 bits per heavy atom. The average molecular weight is 784 g/mol. The number of ether oxygens (including phenoxy) is 1. The van der Waals surface area contributed by atoms with Crippen molar-refractivity contribution in [3.8, 4) is 0 Å². The summed E-state index contributed by atoms with van der Waals surface area (Å²) < 4.78 is 6.06. The topological polar surface area (TPSA) is 115 Å². The van der Waals surface area contributed by atoms with Crippen molar-refractivity contribution in [1.82, 2.24) is 19.8 Å². The summed E-state index contributed by atoms with van der Waals surface area (Å²) in [5, 5.41) is 16.7. The molecule has 10 heteroatoms. The second-order valence-corrected chi connectivity index (χ2v) is 19.0. The van der Waals surface area contributed by atoms with Crippen LogP contribution in [-0.4, -0.2) is 143 Å². The van der Waals surface area contributed by atoms with Crippen molar-refractivity contribution in [1.29, 1.82) is 0 Å². The number of amides is 1. The standard InChI is InChI=1S/C20H37N3O3.C13H28N2.C9H18.C2H6O.CH4O/c1-22(2)17-11-15(10-16(12-17)20(21)24)18-7-4-6-14(19(18)25-3)13-23-8-5-9-26-23;1-14(2)11-7-9-12-8-5-6-10-13(12)15(3)4;1-8-5-4-6-9(2,3)7-8;1-2-3;1-2/h14-19H,4-13H2,1-3H3,(H2,21,24);12-13H,5-11H2,1-4H3;8H,4-7H2,1-3H3;3H,2H2,1H3;2H,1H3. The maximum absolute atomic E-state index is 11.9. The molecular formula is C45H93N5O5. The molecule has 55 heavy (non-hydrogen) atoms. The minimum atomic E-state index is -0.131. The second-order valence-electron chi connectivity index (χ2n) is 19.0. The van der Waals surface area contributed by atoms with Crippen LogP contribution in [0.2, 0.25) is 0 Å². The summed E-state index contributed by atoms with van der Waals surface area (Å²) in [4.78, 5) is 24.7. The third kappa shape index (κ3) is 20.1. The molecule has 1 saturated heterocycles. The molecule has 0 spiro atoms. The van der Waals surface area contributed by atoms with Gasteiger partial charge >= 0.3 is 0 Å². The fourth-order valence-corrected chi connectivity index (χ4v) is 10.6. The van der Waals surface area contributed by atoms with E-state index < -0.39 is 0 Å². The van der Waals surface area contributed by atoms with Gasteiger partial charge in [-0.1, -0.05) is 52.9 Å². The van der Waals surface area contributed by atoms with Crippen LogP contribution in [0.3, 0.4) is 0 Å². The van der Waals surface area contributed by atoms with Gasteiger partial charge in [-0.05, 0) is 162 Å². The van der Waals surface area contributed by atoms with Crippen LogP contribution < -0.4 is 5.73 Å². The highest BCUT2D eigenvalue weighted by atomic mass is 16.7.